The highest BCUT2D eigenvalue weighted by molar-refractivity contribution is 6.08. The van der Waals surface area contributed by atoms with Crippen molar-refractivity contribution in [2.24, 2.45) is 5.92 Å². The molecule has 156 valence electrons. The molecule has 0 bridgehead atoms. The Morgan fingerprint density at radius 1 is 0.871 bits per heavy atom. The van der Waals surface area contributed by atoms with Gasteiger partial charge >= 0.3 is 0 Å². The first-order chi connectivity index (χ1) is 15.0. The average molecular weight is 418 g/mol. The summed E-state index contributed by atoms with van der Waals surface area (Å²) in [5, 5.41) is 0. The molecule has 31 heavy (non-hydrogen) atoms. The van der Waals surface area contributed by atoms with Crippen LogP contribution >= 0.6 is 0 Å². The van der Waals surface area contributed by atoms with Crippen molar-refractivity contribution >= 4 is 13.4 Å². The van der Waals surface area contributed by atoms with Crippen LogP contribution < -0.4 is 4.74 Å². The summed E-state index contributed by atoms with van der Waals surface area (Å²) in [5.41, 5.74) is 3.88. The summed E-state index contributed by atoms with van der Waals surface area (Å²) in [6.45, 7) is 1.97. The molecule has 2 radical (unpaired) electrons. The van der Waals surface area contributed by atoms with E-state index in [4.69, 9.17) is 12.6 Å². The van der Waals surface area contributed by atoms with E-state index in [1.54, 1.807) is 24.3 Å². The lowest BCUT2D eigenvalue weighted by Gasteiger charge is -2.19. The Bertz CT molecular complexity index is 1120. The Labute approximate surface area is 182 Å². The van der Waals surface area contributed by atoms with E-state index < -0.39 is 11.6 Å². The topological polar surface area (TPSA) is 9.23 Å². The van der Waals surface area contributed by atoms with Gasteiger partial charge in [-0.1, -0.05) is 49.4 Å². The van der Waals surface area contributed by atoms with Crippen LogP contribution in [-0.4, -0.2) is 14.4 Å². The normalized spacial score (nSPS) is 16.1. The molecule has 0 spiro atoms. The molecule has 5 heteroatoms. The zero-order chi connectivity index (χ0) is 22.0. The number of hydrogen-bond donors (Lipinski definition) is 0. The summed E-state index contributed by atoms with van der Waals surface area (Å²) in [6.07, 6.45) is 5.08. The van der Waals surface area contributed by atoms with Crippen LogP contribution in [0.25, 0.3) is 27.8 Å². The summed E-state index contributed by atoms with van der Waals surface area (Å²) in [6, 6.07) is 15.0. The summed E-state index contributed by atoms with van der Waals surface area (Å²) in [5.74, 6) is -1.89. The van der Waals surface area contributed by atoms with Crippen molar-refractivity contribution in [1.29, 1.82) is 0 Å². The Balaban J connectivity index is 1.59. The molecule has 0 saturated heterocycles. The second-order valence-electron chi connectivity index (χ2n) is 7.93. The van der Waals surface area contributed by atoms with Crippen LogP contribution in [0.3, 0.4) is 0 Å². The molecular weight excluding hydrogens is 396 g/mol. The van der Waals surface area contributed by atoms with Crippen molar-refractivity contribution in [3.63, 3.8) is 0 Å². The fraction of sp³-hybridized carbons (Fsp3) is 0.231. The van der Waals surface area contributed by atoms with Crippen LogP contribution in [0.2, 0.25) is 0 Å². The highest BCUT2D eigenvalue weighted by Crippen LogP contribution is 2.34. The third-order valence-corrected chi connectivity index (χ3v) is 5.80. The van der Waals surface area contributed by atoms with Crippen molar-refractivity contribution in [2.75, 3.05) is 6.51 Å². The molecule has 1 nitrogen and oxygen atoms in total. The van der Waals surface area contributed by atoms with Crippen molar-refractivity contribution in [3.8, 4) is 28.0 Å². The molecule has 0 N–H and O–H groups in total. The zero-order valence-electron chi connectivity index (χ0n) is 17.3. The lowest BCUT2D eigenvalue weighted by atomic mass is 9.87. The molecule has 3 aromatic carbocycles. The number of rotatable bonds is 5. The number of ether oxygens (including phenoxy) is 1. The van der Waals surface area contributed by atoms with E-state index in [0.29, 0.717) is 17.0 Å². The standard InChI is InChI=1S/C26H22BF3O/c1-16-2-4-18(5-3-16)21-11-10-20(14-23(21)28)17-6-8-19(9-7-17)22-12-13-24(31-15-27)26(30)25(22)29/h4,6-14,16H,2-3,5,15H2,1H3. The lowest BCUT2D eigenvalue weighted by Crippen LogP contribution is -2.02. The van der Waals surface area contributed by atoms with Gasteiger partial charge in [0.2, 0.25) is 5.82 Å². The van der Waals surface area contributed by atoms with E-state index in [9.17, 15) is 13.2 Å². The third-order valence-electron chi connectivity index (χ3n) is 5.80. The minimum atomic E-state index is -1.07. The van der Waals surface area contributed by atoms with Gasteiger partial charge in [-0.3, -0.25) is 0 Å². The van der Waals surface area contributed by atoms with Gasteiger partial charge in [-0.05, 0) is 65.6 Å². The predicted molar refractivity (Wildman–Crippen MR) is 119 cm³/mol. The molecule has 0 amide bonds. The van der Waals surface area contributed by atoms with Crippen molar-refractivity contribution in [2.45, 2.75) is 26.2 Å². The Morgan fingerprint density at radius 3 is 2.19 bits per heavy atom. The Hall–Kier alpha value is -2.95. The summed E-state index contributed by atoms with van der Waals surface area (Å²) < 4.78 is 48.3. The van der Waals surface area contributed by atoms with Crippen LogP contribution in [0.1, 0.15) is 31.7 Å². The van der Waals surface area contributed by atoms with Crippen LogP contribution in [0.5, 0.6) is 5.75 Å². The summed E-state index contributed by atoms with van der Waals surface area (Å²) in [7, 11) is 5.23. The molecule has 0 aliphatic heterocycles. The minimum absolute atomic E-state index is 0.119. The van der Waals surface area contributed by atoms with Crippen LogP contribution in [-0.2, 0) is 0 Å². The highest BCUT2D eigenvalue weighted by atomic mass is 19.2. The molecule has 0 aromatic heterocycles. The van der Waals surface area contributed by atoms with Crippen LogP contribution in [0.4, 0.5) is 13.2 Å². The number of benzene rings is 3. The second-order valence-corrected chi connectivity index (χ2v) is 7.93. The van der Waals surface area contributed by atoms with Crippen molar-refractivity contribution in [3.05, 3.63) is 83.7 Å². The van der Waals surface area contributed by atoms with Gasteiger partial charge in [0.25, 0.3) is 0 Å². The number of allylic oxidation sites excluding steroid dienone is 2. The van der Waals surface area contributed by atoms with Gasteiger partial charge in [-0.2, -0.15) is 4.39 Å². The molecule has 0 heterocycles. The maximum absolute atomic E-state index is 14.8. The van der Waals surface area contributed by atoms with Gasteiger partial charge in [0.15, 0.2) is 11.6 Å². The van der Waals surface area contributed by atoms with E-state index >= 15 is 0 Å². The molecule has 1 aliphatic carbocycles. The first kappa shape index (κ1) is 21.3. The van der Waals surface area contributed by atoms with E-state index in [1.807, 2.05) is 12.1 Å². The van der Waals surface area contributed by atoms with Gasteiger partial charge in [0, 0.05) is 17.6 Å². The average Bonchev–Trinajstić information content (AvgIpc) is 2.78. The van der Waals surface area contributed by atoms with E-state index in [1.165, 1.54) is 18.2 Å². The molecule has 0 saturated carbocycles. The third kappa shape index (κ3) is 4.41. The second kappa shape index (κ2) is 9.05. The Kier molecular flexibility index (Phi) is 6.21. The summed E-state index contributed by atoms with van der Waals surface area (Å²) >= 11 is 0. The van der Waals surface area contributed by atoms with Gasteiger partial charge in [0.1, 0.15) is 13.7 Å². The van der Waals surface area contributed by atoms with E-state index in [0.717, 1.165) is 36.0 Å². The fourth-order valence-corrected chi connectivity index (χ4v) is 3.96. The lowest BCUT2D eigenvalue weighted by molar-refractivity contribution is 0.352. The van der Waals surface area contributed by atoms with Gasteiger partial charge < -0.3 is 4.74 Å². The quantitative estimate of drug-likeness (QED) is 0.400. The maximum atomic E-state index is 14.8. The zero-order valence-corrected chi connectivity index (χ0v) is 17.3. The van der Waals surface area contributed by atoms with Crippen LogP contribution in [0.15, 0.2) is 60.7 Å². The number of hydrogen-bond acceptors (Lipinski definition) is 1. The van der Waals surface area contributed by atoms with E-state index in [2.05, 4.69) is 13.0 Å². The highest BCUT2D eigenvalue weighted by Gasteiger charge is 2.17. The van der Waals surface area contributed by atoms with Gasteiger partial charge in [-0.15, -0.1) is 0 Å². The minimum Gasteiger partial charge on any atom is -0.500 e. The first-order valence-corrected chi connectivity index (χ1v) is 10.4. The smallest absolute Gasteiger partial charge is 0.201 e. The predicted octanol–water partition coefficient (Wildman–Crippen LogP) is 7.15. The first-order valence-electron chi connectivity index (χ1n) is 10.4. The van der Waals surface area contributed by atoms with Crippen molar-refractivity contribution in [1.82, 2.24) is 0 Å². The van der Waals surface area contributed by atoms with Gasteiger partial charge in [-0.25, -0.2) is 8.78 Å². The molecule has 1 aliphatic rings. The number of halogens is 3. The van der Waals surface area contributed by atoms with Crippen LogP contribution in [0, 0.1) is 23.4 Å². The molecule has 1 unspecified atom stereocenters. The van der Waals surface area contributed by atoms with E-state index in [-0.39, 0.29) is 23.6 Å². The fourth-order valence-electron chi connectivity index (χ4n) is 3.96. The monoisotopic (exact) mass is 418 g/mol. The summed E-state index contributed by atoms with van der Waals surface area (Å²) in [4.78, 5) is 0. The molecule has 4 rings (SSSR count). The van der Waals surface area contributed by atoms with Crippen molar-refractivity contribution < 1.29 is 17.9 Å². The molecular formula is C26H22BF3O. The Morgan fingerprint density at radius 2 is 1.55 bits per heavy atom. The largest absolute Gasteiger partial charge is 0.500 e. The molecule has 1 atom stereocenters. The van der Waals surface area contributed by atoms with Gasteiger partial charge in [0.05, 0.1) is 0 Å². The molecule has 3 aromatic rings. The SMILES string of the molecule is [B]COc1ccc(-c2ccc(-c3ccc(C4=CCC(C)CC4)c(F)c3)cc2)c(F)c1F. The maximum Gasteiger partial charge on any atom is 0.201 e. The molecule has 0 fully saturated rings.